The second-order valence-corrected chi connectivity index (χ2v) is 4.85. The van der Waals surface area contributed by atoms with Gasteiger partial charge in [0.05, 0.1) is 12.7 Å². The number of hydrogen-bond acceptors (Lipinski definition) is 3. The van der Waals surface area contributed by atoms with E-state index in [0.717, 1.165) is 24.1 Å². The van der Waals surface area contributed by atoms with Crippen LogP contribution >= 0.6 is 0 Å². The van der Waals surface area contributed by atoms with E-state index in [1.807, 2.05) is 0 Å². The first-order valence-electron chi connectivity index (χ1n) is 5.86. The molecule has 1 saturated carbocycles. The number of nitrogens with zero attached hydrogens (tertiary/aromatic N) is 1. The summed E-state index contributed by atoms with van der Waals surface area (Å²) in [6.45, 7) is 5.50. The van der Waals surface area contributed by atoms with Crippen molar-refractivity contribution in [3.05, 3.63) is 18.4 Å². The van der Waals surface area contributed by atoms with E-state index in [1.54, 1.807) is 6.20 Å². The van der Waals surface area contributed by atoms with Gasteiger partial charge in [0.1, 0.15) is 5.76 Å². The van der Waals surface area contributed by atoms with Crippen LogP contribution in [0, 0.1) is 11.8 Å². The number of nitrogens with one attached hydrogen (secondary N) is 1. The van der Waals surface area contributed by atoms with Crippen LogP contribution in [0.15, 0.2) is 17.0 Å². The first-order valence-corrected chi connectivity index (χ1v) is 5.86. The maximum absolute atomic E-state index is 5.21. The van der Waals surface area contributed by atoms with Crippen molar-refractivity contribution in [3.63, 3.8) is 0 Å². The summed E-state index contributed by atoms with van der Waals surface area (Å²) in [4.78, 5) is 3.91. The molecule has 1 aliphatic rings. The lowest BCUT2D eigenvalue weighted by Crippen LogP contribution is -2.38. The molecule has 1 aromatic rings. The minimum absolute atomic E-state index is 0.645. The molecule has 0 spiro atoms. The molecular formula is C12H20N2O. The summed E-state index contributed by atoms with van der Waals surface area (Å²) in [5, 5.41) is 3.56. The summed E-state index contributed by atoms with van der Waals surface area (Å²) >= 11 is 0. The largest absolute Gasteiger partial charge is 0.447 e. The zero-order valence-electron chi connectivity index (χ0n) is 9.57. The molecule has 1 aromatic heterocycles. The van der Waals surface area contributed by atoms with Crippen molar-refractivity contribution in [2.45, 2.75) is 45.7 Å². The maximum atomic E-state index is 5.21. The Morgan fingerprint density at radius 2 is 2.33 bits per heavy atom. The van der Waals surface area contributed by atoms with E-state index in [9.17, 15) is 0 Å². The van der Waals surface area contributed by atoms with E-state index in [4.69, 9.17) is 4.42 Å². The van der Waals surface area contributed by atoms with Gasteiger partial charge in [-0.15, -0.1) is 0 Å². The van der Waals surface area contributed by atoms with Crippen LogP contribution in [0.2, 0.25) is 0 Å². The third-order valence-electron chi connectivity index (χ3n) is 3.45. The highest BCUT2D eigenvalue weighted by Gasteiger charge is 2.24. The van der Waals surface area contributed by atoms with Crippen molar-refractivity contribution in [1.82, 2.24) is 10.3 Å². The van der Waals surface area contributed by atoms with Gasteiger partial charge in [-0.05, 0) is 31.1 Å². The number of aromatic nitrogens is 1. The van der Waals surface area contributed by atoms with Crippen LogP contribution < -0.4 is 5.32 Å². The monoisotopic (exact) mass is 208 g/mol. The van der Waals surface area contributed by atoms with E-state index in [2.05, 4.69) is 24.1 Å². The molecule has 3 atom stereocenters. The molecule has 0 bridgehead atoms. The Bertz CT molecular complexity index is 284. The molecule has 0 amide bonds. The first-order chi connectivity index (χ1) is 7.25. The first kappa shape index (κ1) is 10.7. The van der Waals surface area contributed by atoms with Gasteiger partial charge in [0.15, 0.2) is 6.39 Å². The quantitative estimate of drug-likeness (QED) is 0.829. The summed E-state index contributed by atoms with van der Waals surface area (Å²) in [7, 11) is 0. The summed E-state index contributed by atoms with van der Waals surface area (Å²) in [6, 6.07) is 0.645. The van der Waals surface area contributed by atoms with Crippen molar-refractivity contribution in [2.75, 3.05) is 0 Å². The van der Waals surface area contributed by atoms with Crippen LogP contribution in [-0.4, -0.2) is 11.0 Å². The summed E-state index contributed by atoms with van der Waals surface area (Å²) < 4.78 is 5.21. The van der Waals surface area contributed by atoms with Gasteiger partial charge < -0.3 is 9.73 Å². The minimum Gasteiger partial charge on any atom is -0.447 e. The standard InChI is InChI=1S/C12H20N2O/c1-9-3-4-12(10(2)5-9)14-7-11-6-13-8-15-11/h6,8-10,12,14H,3-5,7H2,1-2H3. The molecule has 0 radical (unpaired) electrons. The molecule has 1 aliphatic carbocycles. The minimum atomic E-state index is 0.645. The van der Waals surface area contributed by atoms with E-state index >= 15 is 0 Å². The lowest BCUT2D eigenvalue weighted by molar-refractivity contribution is 0.223. The van der Waals surface area contributed by atoms with Crippen molar-refractivity contribution in [3.8, 4) is 0 Å². The molecule has 1 N–H and O–H groups in total. The number of hydrogen-bond donors (Lipinski definition) is 1. The van der Waals surface area contributed by atoms with E-state index in [0.29, 0.717) is 6.04 Å². The third-order valence-corrected chi connectivity index (χ3v) is 3.45. The lowest BCUT2D eigenvalue weighted by Gasteiger charge is -2.33. The second kappa shape index (κ2) is 4.79. The molecule has 2 rings (SSSR count). The molecule has 3 heteroatoms. The van der Waals surface area contributed by atoms with Gasteiger partial charge in [-0.1, -0.05) is 13.8 Å². The molecule has 15 heavy (non-hydrogen) atoms. The molecular weight excluding hydrogens is 188 g/mol. The van der Waals surface area contributed by atoms with E-state index in [1.165, 1.54) is 25.7 Å². The van der Waals surface area contributed by atoms with Crippen LogP contribution in [-0.2, 0) is 6.54 Å². The van der Waals surface area contributed by atoms with Gasteiger partial charge >= 0.3 is 0 Å². The average molecular weight is 208 g/mol. The maximum Gasteiger partial charge on any atom is 0.180 e. The SMILES string of the molecule is CC1CCC(NCc2cnco2)C(C)C1. The lowest BCUT2D eigenvalue weighted by atomic mass is 9.80. The van der Waals surface area contributed by atoms with Gasteiger partial charge in [-0.3, -0.25) is 0 Å². The van der Waals surface area contributed by atoms with Crippen LogP contribution in [0.5, 0.6) is 0 Å². The summed E-state index contributed by atoms with van der Waals surface area (Å²) in [6.07, 6.45) is 7.25. The Morgan fingerprint density at radius 1 is 1.47 bits per heavy atom. The van der Waals surface area contributed by atoms with Gasteiger partial charge in [-0.25, -0.2) is 4.98 Å². The van der Waals surface area contributed by atoms with Gasteiger partial charge in [-0.2, -0.15) is 0 Å². The van der Waals surface area contributed by atoms with Gasteiger partial charge in [0, 0.05) is 6.04 Å². The van der Waals surface area contributed by atoms with Gasteiger partial charge in [0.25, 0.3) is 0 Å². The average Bonchev–Trinajstić information content (AvgIpc) is 2.69. The Kier molecular flexibility index (Phi) is 3.41. The Labute approximate surface area is 91.3 Å². The fraction of sp³-hybridized carbons (Fsp3) is 0.750. The molecule has 0 saturated heterocycles. The molecule has 3 nitrogen and oxygen atoms in total. The van der Waals surface area contributed by atoms with Crippen molar-refractivity contribution in [1.29, 1.82) is 0 Å². The fourth-order valence-corrected chi connectivity index (χ4v) is 2.53. The highest BCUT2D eigenvalue weighted by molar-refractivity contribution is 4.90. The highest BCUT2D eigenvalue weighted by Crippen LogP contribution is 2.28. The normalized spacial score (nSPS) is 31.7. The van der Waals surface area contributed by atoms with Crippen molar-refractivity contribution in [2.24, 2.45) is 11.8 Å². The van der Waals surface area contributed by atoms with E-state index < -0.39 is 0 Å². The van der Waals surface area contributed by atoms with Crippen LogP contribution in [0.25, 0.3) is 0 Å². The van der Waals surface area contributed by atoms with Crippen LogP contribution in [0.3, 0.4) is 0 Å². The summed E-state index contributed by atoms with van der Waals surface area (Å²) in [5.74, 6) is 2.60. The van der Waals surface area contributed by atoms with Crippen molar-refractivity contribution < 1.29 is 4.42 Å². The fourth-order valence-electron chi connectivity index (χ4n) is 2.53. The molecule has 0 aromatic carbocycles. The second-order valence-electron chi connectivity index (χ2n) is 4.85. The number of rotatable bonds is 3. The molecule has 1 heterocycles. The highest BCUT2D eigenvalue weighted by atomic mass is 16.3. The molecule has 3 unspecified atom stereocenters. The topological polar surface area (TPSA) is 38.1 Å². The molecule has 1 fully saturated rings. The Balaban J connectivity index is 1.79. The van der Waals surface area contributed by atoms with Gasteiger partial charge in [0.2, 0.25) is 0 Å². The van der Waals surface area contributed by atoms with Crippen LogP contribution in [0.4, 0.5) is 0 Å². The van der Waals surface area contributed by atoms with E-state index in [-0.39, 0.29) is 0 Å². The zero-order chi connectivity index (χ0) is 10.7. The predicted octanol–water partition coefficient (Wildman–Crippen LogP) is 2.59. The Morgan fingerprint density at radius 3 is 3.00 bits per heavy atom. The van der Waals surface area contributed by atoms with Crippen LogP contribution in [0.1, 0.15) is 38.9 Å². The molecule has 84 valence electrons. The zero-order valence-corrected chi connectivity index (χ0v) is 9.57. The van der Waals surface area contributed by atoms with Crippen molar-refractivity contribution >= 4 is 0 Å². The smallest absolute Gasteiger partial charge is 0.180 e. The predicted molar refractivity (Wildman–Crippen MR) is 59.3 cm³/mol. The third kappa shape index (κ3) is 2.81. The molecule has 0 aliphatic heterocycles. The Hall–Kier alpha value is -0.830. The summed E-state index contributed by atoms with van der Waals surface area (Å²) in [5.41, 5.74) is 0. The number of oxazole rings is 1.